The van der Waals surface area contributed by atoms with Crippen LogP contribution in [0.3, 0.4) is 0 Å². The average molecular weight is 283 g/mol. The van der Waals surface area contributed by atoms with Crippen molar-refractivity contribution in [1.29, 1.82) is 0 Å². The second-order valence-electron chi connectivity index (χ2n) is 4.55. The number of rotatable bonds is 1. The van der Waals surface area contributed by atoms with Crippen molar-refractivity contribution in [3.8, 4) is 0 Å². The number of nitrogens with zero attached hydrogens (tertiary/aromatic N) is 3. The molecule has 0 unspecified atom stereocenters. The summed E-state index contributed by atoms with van der Waals surface area (Å²) in [6.45, 7) is -0.165. The number of nitrogens with two attached hydrogens (primary N) is 1. The molecule has 0 spiro atoms. The van der Waals surface area contributed by atoms with Crippen LogP contribution in [0.5, 0.6) is 0 Å². The molecule has 6 N–H and O–H groups in total. The predicted octanol–water partition coefficient (Wildman–Crippen LogP) is -2.69. The topological polar surface area (TPSA) is 160 Å². The average Bonchev–Trinajstić information content (AvgIpc) is 2.80. The Kier molecular flexibility index (Phi) is 2.94. The number of H-pyrrole nitrogens is 1. The highest BCUT2D eigenvalue weighted by Gasteiger charge is 2.39. The number of aromatic nitrogens is 4. The maximum atomic E-state index is 11.6. The van der Waals surface area contributed by atoms with Gasteiger partial charge in [-0.15, -0.1) is 0 Å². The van der Waals surface area contributed by atoms with Gasteiger partial charge in [0, 0.05) is 0 Å². The van der Waals surface area contributed by atoms with Crippen LogP contribution in [0.25, 0.3) is 11.2 Å². The van der Waals surface area contributed by atoms with Crippen molar-refractivity contribution in [3.63, 3.8) is 0 Å². The second kappa shape index (κ2) is 4.52. The van der Waals surface area contributed by atoms with Gasteiger partial charge in [-0.05, 0) is 0 Å². The van der Waals surface area contributed by atoms with Crippen LogP contribution < -0.4 is 11.3 Å². The second-order valence-corrected chi connectivity index (χ2v) is 4.55. The summed E-state index contributed by atoms with van der Waals surface area (Å²) in [5, 5.41) is 29.0. The van der Waals surface area contributed by atoms with E-state index in [0.717, 1.165) is 0 Å². The van der Waals surface area contributed by atoms with E-state index >= 15 is 0 Å². The lowest BCUT2D eigenvalue weighted by atomic mass is 10.0. The molecule has 2 aromatic rings. The van der Waals surface area contributed by atoms with Crippen molar-refractivity contribution in [3.05, 3.63) is 16.7 Å². The molecule has 0 aromatic carbocycles. The number of hydrogen-bond donors (Lipinski definition) is 5. The van der Waals surface area contributed by atoms with E-state index in [0.29, 0.717) is 0 Å². The Balaban J connectivity index is 2.09. The molecule has 10 heteroatoms. The van der Waals surface area contributed by atoms with E-state index < -0.39 is 30.1 Å². The first-order valence-electron chi connectivity index (χ1n) is 5.87. The smallest absolute Gasteiger partial charge is 0.280 e. The molecular formula is C10H13N5O5. The number of anilines is 1. The summed E-state index contributed by atoms with van der Waals surface area (Å²) in [5.74, 6) is -0.102. The van der Waals surface area contributed by atoms with Crippen molar-refractivity contribution >= 4 is 17.1 Å². The number of nitrogen functional groups attached to an aromatic ring is 1. The van der Waals surface area contributed by atoms with E-state index in [1.807, 2.05) is 0 Å². The molecule has 0 bridgehead atoms. The van der Waals surface area contributed by atoms with E-state index in [-0.39, 0.29) is 23.7 Å². The van der Waals surface area contributed by atoms with E-state index in [4.69, 9.17) is 10.5 Å². The van der Waals surface area contributed by atoms with E-state index in [2.05, 4.69) is 15.0 Å². The normalized spacial score (nSPS) is 30.8. The highest BCUT2D eigenvalue weighted by molar-refractivity contribution is 5.70. The minimum atomic E-state index is -1.39. The Morgan fingerprint density at radius 3 is 2.90 bits per heavy atom. The molecule has 1 saturated heterocycles. The van der Waals surface area contributed by atoms with Crippen LogP contribution >= 0.6 is 0 Å². The monoisotopic (exact) mass is 283 g/mol. The fraction of sp³-hybridized carbons (Fsp3) is 0.500. The summed E-state index contributed by atoms with van der Waals surface area (Å²) in [5.41, 5.74) is 5.11. The first kappa shape index (κ1) is 13.0. The molecule has 0 amide bonds. The standard InChI is InChI=1S/C10H13N5O5/c11-10-13-7-4(8(19)14-10)12-2-15(7)9-6(18)5(17)3(16)1-20-9/h2-3,5-6,9,16-18H,1H2,(H3,11,13,14,19)/t3-,5-,6-,9-/m1/s1. The summed E-state index contributed by atoms with van der Waals surface area (Å²) in [4.78, 5) is 21.8. The van der Waals surface area contributed by atoms with E-state index in [1.165, 1.54) is 10.9 Å². The third-order valence-corrected chi connectivity index (χ3v) is 3.20. The van der Waals surface area contributed by atoms with Gasteiger partial charge in [0.25, 0.3) is 5.56 Å². The van der Waals surface area contributed by atoms with Crippen LogP contribution in [0, 0.1) is 0 Å². The quantitative estimate of drug-likeness (QED) is 0.378. The van der Waals surface area contributed by atoms with Crippen molar-refractivity contribution in [2.24, 2.45) is 0 Å². The lowest BCUT2D eigenvalue weighted by molar-refractivity contribution is -0.210. The molecule has 10 nitrogen and oxygen atoms in total. The molecule has 1 fully saturated rings. The maximum Gasteiger partial charge on any atom is 0.280 e. The molecule has 0 radical (unpaired) electrons. The fourth-order valence-electron chi connectivity index (χ4n) is 2.16. The largest absolute Gasteiger partial charge is 0.388 e. The number of aromatic amines is 1. The van der Waals surface area contributed by atoms with Gasteiger partial charge in [-0.2, -0.15) is 4.98 Å². The van der Waals surface area contributed by atoms with Crippen LogP contribution in [0.1, 0.15) is 6.23 Å². The number of nitrogens with one attached hydrogen (secondary N) is 1. The SMILES string of the molecule is Nc1nc2c(ncn2[C@@H]2OC[C@@H](O)[C@@H](O)[C@H]2O)c(=O)[nH]1. The Labute approximate surface area is 111 Å². The predicted molar refractivity (Wildman–Crippen MR) is 65.6 cm³/mol. The molecule has 0 saturated carbocycles. The first-order valence-corrected chi connectivity index (χ1v) is 5.87. The summed E-state index contributed by atoms with van der Waals surface area (Å²) >= 11 is 0. The van der Waals surface area contributed by atoms with Gasteiger partial charge in [0.2, 0.25) is 5.95 Å². The van der Waals surface area contributed by atoms with Crippen LogP contribution in [-0.2, 0) is 4.74 Å². The molecule has 1 aliphatic rings. The van der Waals surface area contributed by atoms with Gasteiger partial charge in [0.15, 0.2) is 17.4 Å². The third kappa shape index (κ3) is 1.86. The van der Waals surface area contributed by atoms with Gasteiger partial charge in [0.1, 0.15) is 18.3 Å². The van der Waals surface area contributed by atoms with E-state index in [1.54, 1.807) is 0 Å². The molecular weight excluding hydrogens is 270 g/mol. The zero-order chi connectivity index (χ0) is 14.4. The Morgan fingerprint density at radius 1 is 1.40 bits per heavy atom. The number of aliphatic hydroxyl groups is 3. The number of fused-ring (bicyclic) bond motifs is 1. The first-order chi connectivity index (χ1) is 9.49. The van der Waals surface area contributed by atoms with Crippen molar-refractivity contribution in [2.75, 3.05) is 12.3 Å². The zero-order valence-electron chi connectivity index (χ0n) is 10.2. The van der Waals surface area contributed by atoms with E-state index in [9.17, 15) is 20.1 Å². The lowest BCUT2D eigenvalue weighted by Gasteiger charge is -2.35. The zero-order valence-corrected chi connectivity index (χ0v) is 10.2. The highest BCUT2D eigenvalue weighted by Crippen LogP contribution is 2.26. The van der Waals surface area contributed by atoms with Crippen molar-refractivity contribution < 1.29 is 20.1 Å². The number of imidazole rings is 1. The fourth-order valence-corrected chi connectivity index (χ4v) is 2.16. The number of aliphatic hydroxyl groups excluding tert-OH is 3. The molecule has 3 rings (SSSR count). The highest BCUT2D eigenvalue weighted by atomic mass is 16.5. The minimum Gasteiger partial charge on any atom is -0.388 e. The van der Waals surface area contributed by atoms with Crippen LogP contribution in [-0.4, -0.2) is 59.8 Å². The van der Waals surface area contributed by atoms with Crippen LogP contribution in [0.4, 0.5) is 5.95 Å². The molecule has 108 valence electrons. The summed E-state index contributed by atoms with van der Waals surface area (Å²) in [6.07, 6.45) is -3.71. The summed E-state index contributed by atoms with van der Waals surface area (Å²) < 4.78 is 6.57. The minimum absolute atomic E-state index is 0.0376. The Bertz CT molecular complexity index is 697. The molecule has 0 aliphatic carbocycles. The van der Waals surface area contributed by atoms with Gasteiger partial charge in [-0.25, -0.2) is 4.98 Å². The molecule has 1 aliphatic heterocycles. The molecule has 4 atom stereocenters. The molecule has 2 aromatic heterocycles. The van der Waals surface area contributed by atoms with Gasteiger partial charge in [-0.1, -0.05) is 0 Å². The van der Waals surface area contributed by atoms with Gasteiger partial charge in [-0.3, -0.25) is 14.3 Å². The summed E-state index contributed by atoms with van der Waals surface area (Å²) in [6, 6.07) is 0. The summed E-state index contributed by atoms with van der Waals surface area (Å²) in [7, 11) is 0. The van der Waals surface area contributed by atoms with Gasteiger partial charge in [0.05, 0.1) is 12.9 Å². The van der Waals surface area contributed by atoms with Crippen molar-refractivity contribution in [2.45, 2.75) is 24.5 Å². The van der Waals surface area contributed by atoms with Gasteiger partial charge >= 0.3 is 0 Å². The van der Waals surface area contributed by atoms with Crippen LogP contribution in [0.2, 0.25) is 0 Å². The lowest BCUT2D eigenvalue weighted by Crippen LogP contribution is -2.50. The number of ether oxygens (including phenoxy) is 1. The Morgan fingerprint density at radius 2 is 2.15 bits per heavy atom. The van der Waals surface area contributed by atoms with Gasteiger partial charge < -0.3 is 25.8 Å². The third-order valence-electron chi connectivity index (χ3n) is 3.20. The number of hydrogen-bond acceptors (Lipinski definition) is 8. The Hall–Kier alpha value is -2.01. The van der Waals surface area contributed by atoms with Crippen LogP contribution in [0.15, 0.2) is 11.1 Å². The van der Waals surface area contributed by atoms with Crippen molar-refractivity contribution in [1.82, 2.24) is 19.5 Å². The maximum absolute atomic E-state index is 11.6. The molecule has 20 heavy (non-hydrogen) atoms. The molecule has 3 heterocycles.